The normalized spacial score (nSPS) is 13.4. The predicted octanol–water partition coefficient (Wildman–Crippen LogP) is 4.28. The second-order valence-corrected chi connectivity index (χ2v) is 9.69. The van der Waals surface area contributed by atoms with Crippen LogP contribution in [0.25, 0.3) is 0 Å². The van der Waals surface area contributed by atoms with Crippen LogP contribution in [0.1, 0.15) is 79.1 Å². The molecule has 25 heavy (non-hydrogen) atoms. The van der Waals surface area contributed by atoms with Crippen molar-refractivity contribution < 1.29 is 28.7 Å². The fourth-order valence-electron chi connectivity index (χ4n) is 2.73. The molecule has 0 heterocycles. The second kappa shape index (κ2) is 12.4. The van der Waals surface area contributed by atoms with E-state index in [1.54, 1.807) is 0 Å². The monoisotopic (exact) mass is 382 g/mol. The minimum atomic E-state index is -4.38. The number of hydrogen-bond donors (Lipinski definition) is 3. The van der Waals surface area contributed by atoms with Crippen molar-refractivity contribution in [2.75, 3.05) is 26.4 Å². The lowest BCUT2D eigenvalue weighted by Crippen LogP contribution is -2.18. The Morgan fingerprint density at radius 2 is 1.28 bits per heavy atom. The highest BCUT2D eigenvalue weighted by Crippen LogP contribution is 2.39. The molecule has 0 amide bonds. The van der Waals surface area contributed by atoms with E-state index in [0.29, 0.717) is 5.41 Å². The Labute approximate surface area is 153 Å². The van der Waals surface area contributed by atoms with E-state index in [-0.39, 0.29) is 18.6 Å². The van der Waals surface area contributed by atoms with Gasteiger partial charge in [-0.15, -0.1) is 0 Å². The van der Waals surface area contributed by atoms with E-state index in [4.69, 9.17) is 19.6 Å². The van der Waals surface area contributed by atoms with Crippen LogP contribution in [0.2, 0.25) is 0 Å². The molecule has 0 spiro atoms. The quantitative estimate of drug-likeness (QED) is 0.272. The molecule has 0 atom stereocenters. The van der Waals surface area contributed by atoms with Crippen LogP contribution in [0.4, 0.5) is 0 Å². The van der Waals surface area contributed by atoms with Gasteiger partial charge in [0.15, 0.2) is 0 Å². The van der Waals surface area contributed by atoms with Crippen LogP contribution in [0.15, 0.2) is 0 Å². The molecule has 152 valence electrons. The van der Waals surface area contributed by atoms with Crippen LogP contribution in [0.3, 0.4) is 0 Å². The SMILES string of the molecule is CC(C)(CCCO)CCCCOCCCCC(C)(C)COP(=O)(O)O. The summed E-state index contributed by atoms with van der Waals surface area (Å²) in [6.07, 6.45) is 8.03. The lowest BCUT2D eigenvalue weighted by atomic mass is 9.83. The summed E-state index contributed by atoms with van der Waals surface area (Å²) < 4.78 is 21.0. The minimum Gasteiger partial charge on any atom is -0.396 e. The molecule has 0 aliphatic carbocycles. The topological polar surface area (TPSA) is 96.2 Å². The Bertz CT molecular complexity index is 378. The average molecular weight is 382 g/mol. The highest BCUT2D eigenvalue weighted by Gasteiger charge is 2.23. The summed E-state index contributed by atoms with van der Waals surface area (Å²) in [4.78, 5) is 17.5. The Hall–Kier alpha value is 0.0300. The Morgan fingerprint density at radius 3 is 1.76 bits per heavy atom. The van der Waals surface area contributed by atoms with Gasteiger partial charge in [0.25, 0.3) is 0 Å². The molecule has 0 fully saturated rings. The smallest absolute Gasteiger partial charge is 0.396 e. The van der Waals surface area contributed by atoms with E-state index in [2.05, 4.69) is 18.4 Å². The van der Waals surface area contributed by atoms with Crippen LogP contribution in [0.5, 0.6) is 0 Å². The van der Waals surface area contributed by atoms with Gasteiger partial charge in [0, 0.05) is 19.8 Å². The maximum Gasteiger partial charge on any atom is 0.469 e. The van der Waals surface area contributed by atoms with E-state index in [1.807, 2.05) is 13.8 Å². The molecule has 0 rings (SSSR count). The standard InChI is InChI=1S/C18H39O6P/c1-17(2,12-9-13-19)10-5-7-14-23-15-8-6-11-18(3,4)16-24-25(20,21)22/h19H,5-16H2,1-4H3,(H2,20,21,22). The summed E-state index contributed by atoms with van der Waals surface area (Å²) in [7, 11) is -4.38. The molecule has 0 aromatic rings. The number of unbranched alkanes of at least 4 members (excludes halogenated alkanes) is 2. The van der Waals surface area contributed by atoms with E-state index in [0.717, 1.165) is 64.6 Å². The highest BCUT2D eigenvalue weighted by atomic mass is 31.2. The van der Waals surface area contributed by atoms with Gasteiger partial charge in [-0.2, -0.15) is 0 Å². The summed E-state index contributed by atoms with van der Waals surface area (Å²) in [5.41, 5.74) is 0.0464. The molecule has 0 saturated carbocycles. The van der Waals surface area contributed by atoms with Gasteiger partial charge in [0.2, 0.25) is 0 Å². The summed E-state index contributed by atoms with van der Waals surface area (Å²) in [5.74, 6) is 0. The fraction of sp³-hybridized carbons (Fsp3) is 1.00. The van der Waals surface area contributed by atoms with Crippen molar-refractivity contribution in [2.24, 2.45) is 10.8 Å². The molecular weight excluding hydrogens is 343 g/mol. The van der Waals surface area contributed by atoms with Crippen LogP contribution in [0, 0.1) is 10.8 Å². The third kappa shape index (κ3) is 17.2. The first-order chi connectivity index (χ1) is 11.5. The van der Waals surface area contributed by atoms with Gasteiger partial charge in [0.1, 0.15) is 0 Å². The van der Waals surface area contributed by atoms with E-state index in [9.17, 15) is 4.57 Å². The number of rotatable bonds is 16. The van der Waals surface area contributed by atoms with Gasteiger partial charge in [-0.3, -0.25) is 4.52 Å². The zero-order chi connectivity index (χ0) is 19.4. The van der Waals surface area contributed by atoms with Gasteiger partial charge in [-0.1, -0.05) is 40.5 Å². The van der Waals surface area contributed by atoms with Gasteiger partial charge >= 0.3 is 7.82 Å². The molecule has 7 heteroatoms. The summed E-state index contributed by atoms with van der Waals surface area (Å²) in [5, 5.41) is 8.90. The molecule has 0 radical (unpaired) electrons. The average Bonchev–Trinajstić information content (AvgIpc) is 2.49. The van der Waals surface area contributed by atoms with Crippen molar-refractivity contribution in [1.29, 1.82) is 0 Å². The summed E-state index contributed by atoms with van der Waals surface area (Å²) in [6, 6.07) is 0. The first kappa shape index (κ1) is 25.0. The number of aliphatic hydroxyl groups excluding tert-OH is 1. The summed E-state index contributed by atoms with van der Waals surface area (Å²) >= 11 is 0. The lowest BCUT2D eigenvalue weighted by Gasteiger charge is -2.24. The molecule has 0 aliphatic heterocycles. The number of ether oxygens (including phenoxy) is 1. The highest BCUT2D eigenvalue weighted by molar-refractivity contribution is 7.46. The van der Waals surface area contributed by atoms with Gasteiger partial charge in [0.05, 0.1) is 6.61 Å². The molecule has 0 aromatic carbocycles. The molecule has 0 unspecified atom stereocenters. The first-order valence-corrected chi connectivity index (χ1v) is 10.9. The van der Waals surface area contributed by atoms with Crippen LogP contribution < -0.4 is 0 Å². The van der Waals surface area contributed by atoms with Crippen LogP contribution in [-0.4, -0.2) is 41.3 Å². The Morgan fingerprint density at radius 1 is 0.800 bits per heavy atom. The first-order valence-electron chi connectivity index (χ1n) is 9.36. The molecule has 0 bridgehead atoms. The molecule has 0 aliphatic rings. The predicted molar refractivity (Wildman–Crippen MR) is 100 cm³/mol. The van der Waals surface area contributed by atoms with Crippen LogP contribution in [-0.2, 0) is 13.8 Å². The van der Waals surface area contributed by atoms with Gasteiger partial charge in [-0.05, 0) is 49.4 Å². The second-order valence-electron chi connectivity index (χ2n) is 8.45. The van der Waals surface area contributed by atoms with Crippen molar-refractivity contribution >= 4 is 7.82 Å². The largest absolute Gasteiger partial charge is 0.469 e. The van der Waals surface area contributed by atoms with Crippen molar-refractivity contribution in [2.45, 2.75) is 79.1 Å². The number of aliphatic hydroxyl groups is 1. The van der Waals surface area contributed by atoms with Crippen LogP contribution >= 0.6 is 7.82 Å². The third-order valence-corrected chi connectivity index (χ3v) is 4.89. The third-order valence-electron chi connectivity index (χ3n) is 4.42. The minimum absolute atomic E-state index is 0.0597. The lowest BCUT2D eigenvalue weighted by molar-refractivity contribution is 0.105. The van der Waals surface area contributed by atoms with Gasteiger partial charge in [-0.25, -0.2) is 4.57 Å². The molecule has 6 nitrogen and oxygen atoms in total. The molecule has 3 N–H and O–H groups in total. The zero-order valence-electron chi connectivity index (χ0n) is 16.5. The summed E-state index contributed by atoms with van der Waals surface area (Å²) in [6.45, 7) is 10.2. The van der Waals surface area contributed by atoms with Crippen molar-refractivity contribution in [3.05, 3.63) is 0 Å². The van der Waals surface area contributed by atoms with Crippen molar-refractivity contribution in [3.63, 3.8) is 0 Å². The molecule has 0 saturated heterocycles. The Balaban J connectivity index is 3.56. The van der Waals surface area contributed by atoms with E-state index < -0.39 is 7.82 Å². The fourth-order valence-corrected chi connectivity index (χ4v) is 3.25. The number of phosphoric acid groups is 1. The van der Waals surface area contributed by atoms with Crippen molar-refractivity contribution in [3.8, 4) is 0 Å². The Kier molecular flexibility index (Phi) is 12.4. The number of hydrogen-bond acceptors (Lipinski definition) is 4. The number of phosphoric ester groups is 1. The molecule has 0 aromatic heterocycles. The molecular formula is C18H39O6P. The zero-order valence-corrected chi connectivity index (χ0v) is 17.4. The van der Waals surface area contributed by atoms with Gasteiger partial charge < -0.3 is 19.6 Å². The van der Waals surface area contributed by atoms with E-state index in [1.165, 1.54) is 0 Å². The van der Waals surface area contributed by atoms with E-state index >= 15 is 0 Å². The van der Waals surface area contributed by atoms with Crippen molar-refractivity contribution in [1.82, 2.24) is 0 Å². The maximum atomic E-state index is 10.7. The maximum absolute atomic E-state index is 10.7.